The molecule has 0 radical (unpaired) electrons. The predicted molar refractivity (Wildman–Crippen MR) is 129 cm³/mol. The van der Waals surface area contributed by atoms with Gasteiger partial charge in [0.25, 0.3) is 5.91 Å². The molecule has 7 nitrogen and oxygen atoms in total. The average molecular weight is 525 g/mol. The number of hydroxylamine groups is 4. The number of ketones is 1. The Morgan fingerprint density at radius 3 is 2.31 bits per heavy atom. The van der Waals surface area contributed by atoms with Crippen molar-refractivity contribution in [1.82, 2.24) is 10.1 Å². The van der Waals surface area contributed by atoms with E-state index >= 15 is 4.39 Å². The molecule has 0 bridgehead atoms. The highest BCUT2D eigenvalue weighted by Gasteiger charge is 2.69. The number of rotatable bonds is 7. The van der Waals surface area contributed by atoms with Gasteiger partial charge in [-0.05, 0) is 60.7 Å². The van der Waals surface area contributed by atoms with Crippen molar-refractivity contribution >= 4 is 34.9 Å². The van der Waals surface area contributed by atoms with Crippen LogP contribution < -0.4 is 0 Å². The van der Waals surface area contributed by atoms with E-state index < -0.39 is 27.9 Å². The molecule has 2 heterocycles. The van der Waals surface area contributed by atoms with Gasteiger partial charge in [-0.3, -0.25) is 14.4 Å². The fourth-order valence-electron chi connectivity index (χ4n) is 4.84. The van der Waals surface area contributed by atoms with Crippen LogP contribution in [-0.4, -0.2) is 67.9 Å². The van der Waals surface area contributed by atoms with Gasteiger partial charge in [-0.15, -0.1) is 0 Å². The quantitative estimate of drug-likeness (QED) is 0.306. The highest BCUT2D eigenvalue weighted by Crippen LogP contribution is 2.50. The van der Waals surface area contributed by atoms with E-state index in [1.807, 2.05) is 0 Å². The number of piperidine rings is 1. The maximum atomic E-state index is 15.0. The number of methoxy groups -OCH3 is 1. The van der Waals surface area contributed by atoms with Crippen LogP contribution in [0.5, 0.6) is 0 Å². The lowest BCUT2D eigenvalue weighted by atomic mass is 9.79. The largest absolute Gasteiger partial charge is 0.382 e. The minimum Gasteiger partial charge on any atom is -0.382 e. The van der Waals surface area contributed by atoms with Gasteiger partial charge < -0.3 is 9.57 Å². The van der Waals surface area contributed by atoms with Crippen molar-refractivity contribution in [2.75, 3.05) is 40.5 Å². The topological polar surface area (TPSA) is 68.3 Å². The van der Waals surface area contributed by atoms with Crippen LogP contribution in [0.2, 0.25) is 5.02 Å². The van der Waals surface area contributed by atoms with Crippen LogP contribution in [0.1, 0.15) is 24.0 Å². The molecule has 2 aliphatic heterocycles. The predicted octanol–water partition coefficient (Wildman–Crippen LogP) is 4.27. The van der Waals surface area contributed by atoms with Crippen molar-refractivity contribution < 1.29 is 28.4 Å². The summed E-state index contributed by atoms with van der Waals surface area (Å²) in [6.45, 7) is 2.74. The van der Waals surface area contributed by atoms with Crippen molar-refractivity contribution in [1.29, 1.82) is 0 Å². The molecule has 4 rings (SSSR count). The SMILES string of the molecule is COCCON1C(=O)C(Cl)(c2cc(-c3ccc(Cl)cc3)c(F)cc2C)C(=O)C12CCN(OC)CC2. The highest BCUT2D eigenvalue weighted by atomic mass is 35.5. The first-order chi connectivity index (χ1) is 16.7. The van der Waals surface area contributed by atoms with Crippen LogP contribution in [0, 0.1) is 12.7 Å². The van der Waals surface area contributed by atoms with Crippen molar-refractivity contribution in [2.45, 2.75) is 30.2 Å². The summed E-state index contributed by atoms with van der Waals surface area (Å²) in [7, 11) is 3.07. The van der Waals surface area contributed by atoms with Gasteiger partial charge >= 0.3 is 0 Å². The maximum Gasteiger partial charge on any atom is 0.280 e. The summed E-state index contributed by atoms with van der Waals surface area (Å²) in [6.07, 6.45) is 0.550. The molecule has 188 valence electrons. The molecule has 35 heavy (non-hydrogen) atoms. The van der Waals surface area contributed by atoms with Crippen molar-refractivity contribution in [3.05, 3.63) is 58.4 Å². The highest BCUT2D eigenvalue weighted by molar-refractivity contribution is 6.49. The van der Waals surface area contributed by atoms with Gasteiger partial charge in [-0.1, -0.05) is 35.3 Å². The van der Waals surface area contributed by atoms with E-state index in [0.29, 0.717) is 29.2 Å². The van der Waals surface area contributed by atoms with Gasteiger partial charge in [0.2, 0.25) is 4.87 Å². The normalized spacial score (nSPS) is 22.4. The molecule has 2 fully saturated rings. The molecule has 1 amide bonds. The number of nitrogens with zero attached hydrogens (tertiary/aromatic N) is 2. The minimum absolute atomic E-state index is 0.0661. The molecule has 1 atom stereocenters. The second-order valence-electron chi connectivity index (χ2n) is 8.71. The summed E-state index contributed by atoms with van der Waals surface area (Å²) in [5.74, 6) is -1.67. The first-order valence-corrected chi connectivity index (χ1v) is 12.0. The summed E-state index contributed by atoms with van der Waals surface area (Å²) in [5, 5.41) is 3.34. The van der Waals surface area contributed by atoms with Crippen molar-refractivity contribution in [3.63, 3.8) is 0 Å². The second kappa shape index (κ2) is 10.1. The number of carbonyl (C=O) groups excluding carboxylic acids is 2. The first kappa shape index (κ1) is 26.0. The fourth-order valence-corrected chi connectivity index (χ4v) is 5.42. The van der Waals surface area contributed by atoms with E-state index in [4.69, 9.17) is 37.6 Å². The van der Waals surface area contributed by atoms with Crippen molar-refractivity contribution in [3.8, 4) is 11.1 Å². The number of hydrogen-bond donors (Lipinski definition) is 0. The Bertz CT molecular complexity index is 1120. The molecule has 2 aromatic carbocycles. The number of benzene rings is 2. The number of ether oxygens (including phenoxy) is 1. The number of aryl methyl sites for hydroxylation is 1. The third-order valence-corrected chi connectivity index (χ3v) is 7.55. The Balaban J connectivity index is 1.81. The monoisotopic (exact) mass is 524 g/mol. The zero-order valence-corrected chi connectivity index (χ0v) is 21.3. The van der Waals surface area contributed by atoms with Gasteiger partial charge in [-0.2, -0.15) is 5.06 Å². The Hall–Kier alpha value is -2.07. The smallest absolute Gasteiger partial charge is 0.280 e. The van der Waals surface area contributed by atoms with Crippen molar-refractivity contribution in [2.24, 2.45) is 0 Å². The standard InChI is InChI=1S/C25H27Cl2FN2O5/c1-16-14-21(28)19(17-4-6-18(26)7-5-17)15-20(16)25(27)22(31)24(8-10-29(34-3)11-9-24)30(23(25)32)35-13-12-33-2/h4-7,14-15H,8-13H2,1-3H3. The van der Waals surface area contributed by atoms with Crippen LogP contribution >= 0.6 is 23.2 Å². The van der Waals surface area contributed by atoms with E-state index in [1.54, 1.807) is 43.4 Å². The molecule has 0 aromatic heterocycles. The molecule has 0 saturated carbocycles. The zero-order chi connectivity index (χ0) is 25.4. The van der Waals surface area contributed by atoms with Gasteiger partial charge in [0.05, 0.1) is 20.3 Å². The lowest BCUT2D eigenvalue weighted by Crippen LogP contribution is -2.56. The molecular formula is C25H27Cl2FN2O5. The number of alkyl halides is 1. The van der Waals surface area contributed by atoms with Crippen LogP contribution in [-0.2, 0) is 28.9 Å². The maximum absolute atomic E-state index is 15.0. The van der Waals surface area contributed by atoms with E-state index in [-0.39, 0.29) is 37.2 Å². The lowest BCUT2D eigenvalue weighted by molar-refractivity contribution is -0.233. The number of carbonyl (C=O) groups is 2. The molecule has 10 heteroatoms. The van der Waals surface area contributed by atoms with E-state index in [9.17, 15) is 9.59 Å². The molecule has 0 N–H and O–H groups in total. The average Bonchev–Trinajstić information content (AvgIpc) is 3.00. The molecular weight excluding hydrogens is 498 g/mol. The van der Waals surface area contributed by atoms with Gasteiger partial charge in [0.1, 0.15) is 11.4 Å². The summed E-state index contributed by atoms with van der Waals surface area (Å²) in [4.78, 5) is 37.0. The zero-order valence-electron chi connectivity index (χ0n) is 19.8. The summed E-state index contributed by atoms with van der Waals surface area (Å²) >= 11 is 13.0. The van der Waals surface area contributed by atoms with Crippen LogP contribution in [0.25, 0.3) is 11.1 Å². The van der Waals surface area contributed by atoms with Gasteiger partial charge in [0.15, 0.2) is 5.78 Å². The Labute approximate surface area is 213 Å². The van der Waals surface area contributed by atoms with E-state index in [2.05, 4.69) is 0 Å². The molecule has 2 saturated heterocycles. The molecule has 1 unspecified atom stereocenters. The summed E-state index contributed by atoms with van der Waals surface area (Å²) < 4.78 is 20.1. The van der Waals surface area contributed by atoms with E-state index in [0.717, 1.165) is 5.06 Å². The summed E-state index contributed by atoms with van der Waals surface area (Å²) in [6, 6.07) is 9.39. The first-order valence-electron chi connectivity index (χ1n) is 11.2. The Kier molecular flexibility index (Phi) is 7.52. The Morgan fingerprint density at radius 2 is 1.71 bits per heavy atom. The number of amides is 1. The lowest BCUT2D eigenvalue weighted by Gasteiger charge is -2.41. The molecule has 1 spiro atoms. The van der Waals surface area contributed by atoms with Gasteiger partial charge in [0, 0.05) is 30.8 Å². The molecule has 0 aliphatic carbocycles. The summed E-state index contributed by atoms with van der Waals surface area (Å²) in [5.41, 5.74) is 0.0997. The number of halogens is 3. The third kappa shape index (κ3) is 4.37. The third-order valence-electron chi connectivity index (χ3n) is 6.76. The van der Waals surface area contributed by atoms with E-state index in [1.165, 1.54) is 19.2 Å². The number of hydrogen-bond acceptors (Lipinski definition) is 6. The molecule has 2 aromatic rings. The van der Waals surface area contributed by atoms with Gasteiger partial charge in [-0.25, -0.2) is 9.45 Å². The fraction of sp³-hybridized carbons (Fsp3) is 0.440. The molecule has 2 aliphatic rings. The number of Topliss-reactive ketones (excluding diaryl/α,β-unsaturated/α-hetero) is 1. The Morgan fingerprint density at radius 1 is 1.06 bits per heavy atom. The van der Waals surface area contributed by atoms with Crippen LogP contribution in [0.15, 0.2) is 36.4 Å². The minimum atomic E-state index is -2.07. The second-order valence-corrected chi connectivity index (χ2v) is 9.71. The van der Waals surface area contributed by atoms with Crippen LogP contribution in [0.3, 0.4) is 0 Å². The van der Waals surface area contributed by atoms with Crippen LogP contribution in [0.4, 0.5) is 4.39 Å².